The summed E-state index contributed by atoms with van der Waals surface area (Å²) in [5, 5.41) is 5.76. The van der Waals surface area contributed by atoms with E-state index < -0.39 is 0 Å². The Morgan fingerprint density at radius 2 is 1.77 bits per heavy atom. The predicted octanol–water partition coefficient (Wildman–Crippen LogP) is 2.73. The molecule has 0 radical (unpaired) electrons. The second-order valence-corrected chi connectivity index (χ2v) is 5.43. The topological polar surface area (TPSA) is 68.9 Å². The minimum atomic E-state index is 0.572. The van der Waals surface area contributed by atoms with Gasteiger partial charge in [0.2, 0.25) is 5.16 Å². The summed E-state index contributed by atoms with van der Waals surface area (Å²) >= 11 is 1.39. The number of aromatic nitrogens is 6. The maximum atomic E-state index is 4.55. The number of fused-ring (bicyclic) bond motifs is 1. The summed E-state index contributed by atoms with van der Waals surface area (Å²) in [6, 6.07) is 13.5. The van der Waals surface area contributed by atoms with Crippen LogP contribution in [0.2, 0.25) is 0 Å². The Morgan fingerprint density at radius 3 is 2.64 bits per heavy atom. The monoisotopic (exact) mass is 306 g/mol. The first-order valence-corrected chi connectivity index (χ1v) is 7.44. The summed E-state index contributed by atoms with van der Waals surface area (Å²) in [7, 11) is 0. The molecule has 0 aliphatic heterocycles. The second kappa shape index (κ2) is 5.53. The van der Waals surface area contributed by atoms with Crippen LogP contribution < -0.4 is 0 Å². The average molecular weight is 306 g/mol. The van der Waals surface area contributed by atoms with Crippen molar-refractivity contribution in [1.29, 1.82) is 0 Å². The Morgan fingerprint density at radius 1 is 0.864 bits per heavy atom. The molecule has 4 rings (SSSR count). The number of nitrogens with zero attached hydrogens (tertiary/aromatic N) is 6. The van der Waals surface area contributed by atoms with E-state index in [1.165, 1.54) is 11.8 Å². The summed E-state index contributed by atoms with van der Waals surface area (Å²) in [6.07, 6.45) is 5.25. The minimum absolute atomic E-state index is 0.572. The molecule has 4 aromatic rings. The lowest BCUT2D eigenvalue weighted by Gasteiger charge is -2.01. The van der Waals surface area contributed by atoms with Gasteiger partial charge in [-0.25, -0.2) is 19.5 Å². The Kier molecular flexibility index (Phi) is 3.24. The lowest BCUT2D eigenvalue weighted by Crippen LogP contribution is -1.90. The molecule has 0 fully saturated rings. The minimum Gasteiger partial charge on any atom is -0.237 e. The maximum Gasteiger partial charge on any atom is 0.253 e. The van der Waals surface area contributed by atoms with Crippen LogP contribution in [0.5, 0.6) is 0 Å². The van der Waals surface area contributed by atoms with Crippen molar-refractivity contribution in [2.24, 2.45) is 0 Å². The molecule has 0 bridgehead atoms. The van der Waals surface area contributed by atoms with E-state index in [2.05, 4.69) is 25.0 Å². The highest BCUT2D eigenvalue weighted by molar-refractivity contribution is 7.99. The van der Waals surface area contributed by atoms with Crippen LogP contribution in [0.4, 0.5) is 0 Å². The van der Waals surface area contributed by atoms with Crippen molar-refractivity contribution in [3.8, 4) is 11.4 Å². The van der Waals surface area contributed by atoms with E-state index in [0.29, 0.717) is 16.8 Å². The maximum absolute atomic E-state index is 4.55. The zero-order chi connectivity index (χ0) is 14.8. The molecule has 0 aliphatic carbocycles. The summed E-state index contributed by atoms with van der Waals surface area (Å²) in [5.74, 6) is 1.26. The van der Waals surface area contributed by atoms with Gasteiger partial charge in [0.1, 0.15) is 5.03 Å². The van der Waals surface area contributed by atoms with Crippen molar-refractivity contribution >= 4 is 17.5 Å². The van der Waals surface area contributed by atoms with Crippen LogP contribution in [0, 0.1) is 0 Å². The molecule has 0 atom stereocenters. The molecule has 0 aliphatic rings. The van der Waals surface area contributed by atoms with Crippen molar-refractivity contribution in [1.82, 2.24) is 29.5 Å². The van der Waals surface area contributed by atoms with Crippen LogP contribution in [0.15, 0.2) is 71.2 Å². The summed E-state index contributed by atoms with van der Waals surface area (Å²) in [4.78, 5) is 17.4. The molecule has 3 heterocycles. The van der Waals surface area contributed by atoms with Gasteiger partial charge in [0.15, 0.2) is 5.82 Å². The average Bonchev–Trinajstić information content (AvgIpc) is 2.98. The molecule has 0 spiro atoms. The first-order chi connectivity index (χ1) is 10.9. The van der Waals surface area contributed by atoms with E-state index in [4.69, 9.17) is 0 Å². The van der Waals surface area contributed by atoms with E-state index in [0.717, 1.165) is 10.6 Å². The highest BCUT2D eigenvalue weighted by atomic mass is 32.2. The molecule has 0 saturated heterocycles. The van der Waals surface area contributed by atoms with Crippen LogP contribution in [0.1, 0.15) is 0 Å². The Balaban J connectivity index is 1.65. The molecular weight excluding hydrogens is 296 g/mol. The number of benzene rings is 1. The van der Waals surface area contributed by atoms with Gasteiger partial charge in [0, 0.05) is 24.2 Å². The van der Waals surface area contributed by atoms with Gasteiger partial charge in [-0.05, 0) is 23.9 Å². The van der Waals surface area contributed by atoms with Crippen LogP contribution >= 0.6 is 11.8 Å². The summed E-state index contributed by atoms with van der Waals surface area (Å²) in [6.45, 7) is 0. The molecule has 0 N–H and O–H groups in total. The number of hydrogen-bond donors (Lipinski definition) is 0. The fourth-order valence-corrected chi connectivity index (χ4v) is 2.68. The Hall–Kier alpha value is -2.80. The lowest BCUT2D eigenvalue weighted by molar-refractivity contribution is 0.877. The van der Waals surface area contributed by atoms with Gasteiger partial charge < -0.3 is 0 Å². The van der Waals surface area contributed by atoms with Gasteiger partial charge in [0.05, 0.1) is 0 Å². The fraction of sp³-hybridized carbons (Fsp3) is 0. The van der Waals surface area contributed by atoms with E-state index in [1.807, 2.05) is 48.7 Å². The van der Waals surface area contributed by atoms with Crippen molar-refractivity contribution in [3.05, 3.63) is 61.1 Å². The highest BCUT2D eigenvalue weighted by Crippen LogP contribution is 2.24. The highest BCUT2D eigenvalue weighted by Gasteiger charge is 2.08. The predicted molar refractivity (Wildman–Crippen MR) is 82.4 cm³/mol. The third kappa shape index (κ3) is 2.53. The van der Waals surface area contributed by atoms with Gasteiger partial charge in [-0.3, -0.25) is 0 Å². The number of hydrogen-bond acceptors (Lipinski definition) is 6. The molecule has 1 aromatic carbocycles. The van der Waals surface area contributed by atoms with E-state index >= 15 is 0 Å². The number of rotatable bonds is 3. The van der Waals surface area contributed by atoms with Crippen LogP contribution in [-0.4, -0.2) is 29.5 Å². The molecular formula is C15H10N6S. The van der Waals surface area contributed by atoms with Crippen LogP contribution in [-0.2, 0) is 0 Å². The first kappa shape index (κ1) is 12.9. The zero-order valence-corrected chi connectivity index (χ0v) is 12.2. The van der Waals surface area contributed by atoms with Crippen molar-refractivity contribution in [2.75, 3.05) is 0 Å². The van der Waals surface area contributed by atoms with Gasteiger partial charge in [-0.1, -0.05) is 30.3 Å². The lowest BCUT2D eigenvalue weighted by atomic mass is 10.2. The Labute approximate surface area is 130 Å². The van der Waals surface area contributed by atoms with Gasteiger partial charge in [-0.15, -0.1) is 5.10 Å². The normalized spacial score (nSPS) is 10.9. The summed E-state index contributed by atoms with van der Waals surface area (Å²) in [5.41, 5.74) is 0.981. The smallest absolute Gasteiger partial charge is 0.237 e. The second-order valence-electron chi connectivity index (χ2n) is 4.45. The SMILES string of the molecule is c1ccc(-c2nccc(Sc3nc4ncccn4n3)n2)cc1. The van der Waals surface area contributed by atoms with E-state index in [1.54, 1.807) is 16.9 Å². The largest absolute Gasteiger partial charge is 0.253 e. The molecule has 0 unspecified atom stereocenters. The summed E-state index contributed by atoms with van der Waals surface area (Å²) < 4.78 is 1.64. The van der Waals surface area contributed by atoms with Crippen molar-refractivity contribution < 1.29 is 0 Å². The molecule has 0 saturated carbocycles. The van der Waals surface area contributed by atoms with Crippen LogP contribution in [0.3, 0.4) is 0 Å². The Bertz CT molecular complexity index is 888. The molecule has 3 aromatic heterocycles. The molecule has 7 heteroatoms. The van der Waals surface area contributed by atoms with E-state index in [-0.39, 0.29) is 0 Å². The quantitative estimate of drug-likeness (QED) is 0.542. The molecule has 0 amide bonds. The van der Waals surface area contributed by atoms with Crippen molar-refractivity contribution in [2.45, 2.75) is 10.2 Å². The van der Waals surface area contributed by atoms with E-state index in [9.17, 15) is 0 Å². The molecule has 106 valence electrons. The standard InChI is InChI=1S/C15H10N6S/c1-2-5-11(6-3-1)13-16-9-7-12(18-13)22-15-19-14-17-8-4-10-21(14)20-15/h1-10H. The molecule has 6 nitrogen and oxygen atoms in total. The van der Waals surface area contributed by atoms with Gasteiger partial charge in [-0.2, -0.15) is 4.98 Å². The first-order valence-electron chi connectivity index (χ1n) is 6.62. The third-order valence-electron chi connectivity index (χ3n) is 2.96. The van der Waals surface area contributed by atoms with Crippen molar-refractivity contribution in [3.63, 3.8) is 0 Å². The molecule has 22 heavy (non-hydrogen) atoms. The van der Waals surface area contributed by atoms with Gasteiger partial charge in [0.25, 0.3) is 5.78 Å². The third-order valence-corrected chi connectivity index (χ3v) is 3.75. The van der Waals surface area contributed by atoms with Gasteiger partial charge >= 0.3 is 0 Å². The van der Waals surface area contributed by atoms with Crippen LogP contribution in [0.25, 0.3) is 17.2 Å². The fourth-order valence-electron chi connectivity index (χ4n) is 1.98. The zero-order valence-electron chi connectivity index (χ0n) is 11.4.